The van der Waals surface area contributed by atoms with E-state index in [0.717, 1.165) is 19.3 Å². The summed E-state index contributed by atoms with van der Waals surface area (Å²) in [6, 6.07) is 0. The number of rotatable bonds is 5. The average Bonchev–Trinajstić information content (AvgIpc) is 1.96. The minimum atomic E-state index is -4.43. The van der Waals surface area contributed by atoms with Gasteiger partial charge < -0.3 is 0 Å². The number of carbonyl (C=O) groups excluding carboxylic acids is 1. The van der Waals surface area contributed by atoms with Gasteiger partial charge in [-0.3, -0.25) is 9.35 Å². The van der Waals surface area contributed by atoms with E-state index in [0.29, 0.717) is 6.42 Å². The molecule has 5 heteroatoms. The largest absolute Gasteiger partial charge is 0.328 e. The van der Waals surface area contributed by atoms with Crippen LogP contribution in [-0.2, 0) is 14.9 Å². The summed E-state index contributed by atoms with van der Waals surface area (Å²) in [6.45, 7) is 2.02. The molecule has 0 aromatic rings. The van der Waals surface area contributed by atoms with Crippen molar-refractivity contribution < 1.29 is 17.8 Å². The summed E-state index contributed by atoms with van der Waals surface area (Å²) in [6.07, 6.45) is 3.31. The van der Waals surface area contributed by atoms with Crippen molar-refractivity contribution in [3.8, 4) is 0 Å². The third kappa shape index (κ3) is 5.26. The van der Waals surface area contributed by atoms with Crippen molar-refractivity contribution in [3.63, 3.8) is 0 Å². The zero-order valence-electron chi connectivity index (χ0n) is 7.12. The Bertz CT molecular complexity index is 230. The van der Waals surface area contributed by atoms with Gasteiger partial charge in [-0.15, -0.1) is 0 Å². The fourth-order valence-electron chi connectivity index (χ4n) is 0.825. The Labute approximate surface area is 72.7 Å². The van der Waals surface area contributed by atoms with Crippen molar-refractivity contribution in [1.29, 1.82) is 0 Å². The van der Waals surface area contributed by atoms with E-state index in [1.54, 1.807) is 0 Å². The lowest BCUT2D eigenvalue weighted by atomic mass is 10.2. The Balaban J connectivity index is 3.60. The molecule has 0 atom stereocenters. The molecule has 0 aliphatic carbocycles. The van der Waals surface area contributed by atoms with Gasteiger partial charge in [0.2, 0.25) is 0 Å². The molecule has 0 spiro atoms. The lowest BCUT2D eigenvalue weighted by molar-refractivity contribution is -0.112. The van der Waals surface area contributed by atoms with Gasteiger partial charge in [0.15, 0.2) is 0 Å². The average molecular weight is 194 g/mol. The Morgan fingerprint density at radius 1 is 1.25 bits per heavy atom. The summed E-state index contributed by atoms with van der Waals surface area (Å²) in [5.41, 5.74) is 0. The lowest BCUT2D eigenvalue weighted by Gasteiger charge is -1.96. The molecule has 0 bridgehead atoms. The molecular formula is C7H14O4S. The van der Waals surface area contributed by atoms with Gasteiger partial charge in [-0.05, 0) is 6.42 Å². The number of carbonyl (C=O) groups is 1. The first-order valence-corrected chi connectivity index (χ1v) is 5.42. The van der Waals surface area contributed by atoms with E-state index in [1.165, 1.54) is 0 Å². The van der Waals surface area contributed by atoms with Gasteiger partial charge in [0.1, 0.15) is 0 Å². The molecule has 0 radical (unpaired) electrons. The topological polar surface area (TPSA) is 71.4 Å². The second-order valence-corrected chi connectivity index (χ2v) is 4.06. The summed E-state index contributed by atoms with van der Waals surface area (Å²) >= 11 is 0. The van der Waals surface area contributed by atoms with Crippen LogP contribution in [0.3, 0.4) is 0 Å². The van der Waals surface area contributed by atoms with Crippen LogP contribution in [0.25, 0.3) is 0 Å². The SMILES string of the molecule is CCCCCCC(=O)S(=O)(=O)O. The second kappa shape index (κ2) is 5.27. The maximum atomic E-state index is 10.6. The highest BCUT2D eigenvalue weighted by Crippen LogP contribution is 2.04. The maximum Gasteiger partial charge on any atom is 0.328 e. The summed E-state index contributed by atoms with van der Waals surface area (Å²) in [7, 11) is -4.43. The minimum Gasteiger partial charge on any atom is -0.280 e. The molecule has 0 aromatic heterocycles. The number of hydrogen-bond donors (Lipinski definition) is 1. The first-order valence-electron chi connectivity index (χ1n) is 3.98. The molecule has 0 saturated carbocycles. The molecule has 0 saturated heterocycles. The van der Waals surface area contributed by atoms with Crippen LogP contribution < -0.4 is 0 Å². The van der Waals surface area contributed by atoms with Gasteiger partial charge in [0, 0.05) is 6.42 Å². The summed E-state index contributed by atoms with van der Waals surface area (Å²) in [4.78, 5) is 10.6. The van der Waals surface area contributed by atoms with Crippen molar-refractivity contribution in [1.82, 2.24) is 0 Å². The third-order valence-electron chi connectivity index (χ3n) is 1.52. The van der Waals surface area contributed by atoms with E-state index in [1.807, 2.05) is 6.92 Å². The molecule has 0 aliphatic rings. The van der Waals surface area contributed by atoms with Gasteiger partial charge in [0.25, 0.3) is 5.12 Å². The minimum absolute atomic E-state index is 0.0706. The molecule has 0 rings (SSSR count). The summed E-state index contributed by atoms with van der Waals surface area (Å²) in [5, 5.41) is -1.07. The molecule has 4 nitrogen and oxygen atoms in total. The Morgan fingerprint density at radius 3 is 2.25 bits per heavy atom. The van der Waals surface area contributed by atoms with E-state index < -0.39 is 15.2 Å². The van der Waals surface area contributed by atoms with E-state index in [2.05, 4.69) is 0 Å². The highest BCUT2D eigenvalue weighted by molar-refractivity contribution is 8.01. The Kier molecular flexibility index (Phi) is 5.08. The predicted molar refractivity (Wildman–Crippen MR) is 45.3 cm³/mol. The van der Waals surface area contributed by atoms with Gasteiger partial charge >= 0.3 is 10.1 Å². The van der Waals surface area contributed by atoms with Crippen molar-refractivity contribution >= 4 is 15.2 Å². The Hall–Kier alpha value is -0.420. The molecular weight excluding hydrogens is 180 g/mol. The van der Waals surface area contributed by atoms with E-state index in [9.17, 15) is 13.2 Å². The van der Waals surface area contributed by atoms with Crippen LogP contribution in [0.15, 0.2) is 0 Å². The smallest absolute Gasteiger partial charge is 0.280 e. The van der Waals surface area contributed by atoms with Crippen LogP contribution in [0.2, 0.25) is 0 Å². The van der Waals surface area contributed by atoms with Crippen LogP contribution in [0.1, 0.15) is 39.0 Å². The predicted octanol–water partition coefficient (Wildman–Crippen LogP) is 1.37. The normalized spacial score (nSPS) is 11.5. The molecule has 0 amide bonds. The van der Waals surface area contributed by atoms with Crippen LogP contribution in [0, 0.1) is 0 Å². The quantitative estimate of drug-likeness (QED) is 0.530. The Morgan fingerprint density at radius 2 is 1.83 bits per heavy atom. The van der Waals surface area contributed by atoms with Crippen LogP contribution >= 0.6 is 0 Å². The first kappa shape index (κ1) is 11.6. The molecule has 12 heavy (non-hydrogen) atoms. The molecule has 1 N–H and O–H groups in total. The van der Waals surface area contributed by atoms with Crippen LogP contribution in [0.5, 0.6) is 0 Å². The molecule has 0 fully saturated rings. The van der Waals surface area contributed by atoms with Gasteiger partial charge in [-0.1, -0.05) is 26.2 Å². The maximum absolute atomic E-state index is 10.6. The second-order valence-electron chi connectivity index (χ2n) is 2.66. The molecule has 72 valence electrons. The molecule has 0 aliphatic heterocycles. The third-order valence-corrected chi connectivity index (χ3v) is 2.30. The standard InChI is InChI=1S/C7H14O4S/c1-2-3-4-5-6-7(8)12(9,10)11/h2-6H2,1H3,(H,9,10,11). The molecule has 0 heterocycles. The van der Waals surface area contributed by atoms with E-state index in [4.69, 9.17) is 4.55 Å². The van der Waals surface area contributed by atoms with Crippen molar-refractivity contribution in [2.75, 3.05) is 0 Å². The van der Waals surface area contributed by atoms with Gasteiger partial charge in [-0.25, -0.2) is 0 Å². The van der Waals surface area contributed by atoms with Crippen LogP contribution in [0.4, 0.5) is 0 Å². The summed E-state index contributed by atoms with van der Waals surface area (Å²) in [5.74, 6) is 0. The van der Waals surface area contributed by atoms with Crippen LogP contribution in [-0.4, -0.2) is 18.1 Å². The first-order chi connectivity index (χ1) is 5.48. The fraction of sp³-hybridized carbons (Fsp3) is 0.857. The monoisotopic (exact) mass is 194 g/mol. The highest BCUT2D eigenvalue weighted by Gasteiger charge is 2.16. The summed E-state index contributed by atoms with van der Waals surface area (Å²) < 4.78 is 28.7. The van der Waals surface area contributed by atoms with Crippen molar-refractivity contribution in [2.45, 2.75) is 39.0 Å². The molecule has 0 aromatic carbocycles. The zero-order chi connectivity index (χ0) is 9.61. The van der Waals surface area contributed by atoms with Crippen molar-refractivity contribution in [3.05, 3.63) is 0 Å². The van der Waals surface area contributed by atoms with Crippen molar-refractivity contribution in [2.24, 2.45) is 0 Å². The number of unbranched alkanes of at least 4 members (excludes halogenated alkanes) is 3. The van der Waals surface area contributed by atoms with E-state index >= 15 is 0 Å². The van der Waals surface area contributed by atoms with Gasteiger partial charge in [0.05, 0.1) is 0 Å². The highest BCUT2D eigenvalue weighted by atomic mass is 32.2. The van der Waals surface area contributed by atoms with Gasteiger partial charge in [-0.2, -0.15) is 8.42 Å². The molecule has 0 unspecified atom stereocenters. The lowest BCUT2D eigenvalue weighted by Crippen LogP contribution is -2.12. The fourth-order valence-corrected chi connectivity index (χ4v) is 1.23. The van der Waals surface area contributed by atoms with E-state index in [-0.39, 0.29) is 6.42 Å². The zero-order valence-corrected chi connectivity index (χ0v) is 7.93. The number of hydrogen-bond acceptors (Lipinski definition) is 3.